The minimum Gasteiger partial charge on any atom is -0.324 e. The van der Waals surface area contributed by atoms with E-state index in [9.17, 15) is 0 Å². The van der Waals surface area contributed by atoms with E-state index in [0.29, 0.717) is 5.88 Å². The lowest BCUT2D eigenvalue weighted by molar-refractivity contribution is 1.28. The maximum absolute atomic E-state index is 5.68. The number of rotatable bonds is 2. The number of hydrogen-bond acceptors (Lipinski definition) is 2. The number of nitrogens with two attached hydrogens (primary N) is 1. The third-order valence-corrected chi connectivity index (χ3v) is 2.33. The van der Waals surface area contributed by atoms with Gasteiger partial charge in [-0.05, 0) is 46.4 Å². The molecule has 3 N–H and O–H groups in total. The quantitative estimate of drug-likeness (QED) is 0.378. The monoisotopic (exact) mass is 282 g/mol. The molecule has 1 rings (SSSR count). The molecule has 0 unspecified atom stereocenters. The third kappa shape index (κ3) is 2.21. The largest absolute Gasteiger partial charge is 0.324 e. The molecule has 0 aliphatic carbocycles. The highest BCUT2D eigenvalue weighted by atomic mass is 127. The fourth-order valence-electron chi connectivity index (χ4n) is 0.814. The molecule has 0 saturated heterocycles. The molecule has 1 aromatic carbocycles. The summed E-state index contributed by atoms with van der Waals surface area (Å²) >= 11 is 7.92. The Hall–Kier alpha value is -0.0000000000000000555. The number of hydrogen-bond donors (Lipinski definition) is 2. The summed E-state index contributed by atoms with van der Waals surface area (Å²) < 4.78 is 1.16. The van der Waals surface area contributed by atoms with Crippen molar-refractivity contribution in [2.45, 2.75) is 5.88 Å². The van der Waals surface area contributed by atoms with Crippen molar-refractivity contribution in [3.63, 3.8) is 0 Å². The molecule has 0 fully saturated rings. The summed E-state index contributed by atoms with van der Waals surface area (Å²) in [5, 5.41) is 0. The molecule has 0 aliphatic heterocycles. The van der Waals surface area contributed by atoms with E-state index in [4.69, 9.17) is 17.4 Å². The molecule has 0 aromatic heterocycles. The van der Waals surface area contributed by atoms with Crippen LogP contribution in [-0.4, -0.2) is 0 Å². The number of benzene rings is 1. The standard InChI is InChI=1S/C7H8ClIN2/c8-4-5-3-6(9)1-2-7(5)11-10/h1-3,11H,4,10H2. The highest BCUT2D eigenvalue weighted by Crippen LogP contribution is 2.19. The van der Waals surface area contributed by atoms with Gasteiger partial charge in [0.2, 0.25) is 0 Å². The molecule has 0 aliphatic rings. The van der Waals surface area contributed by atoms with E-state index >= 15 is 0 Å². The van der Waals surface area contributed by atoms with Crippen molar-refractivity contribution in [1.29, 1.82) is 0 Å². The third-order valence-electron chi connectivity index (χ3n) is 1.37. The summed E-state index contributed by atoms with van der Waals surface area (Å²) in [4.78, 5) is 0. The molecule has 4 heteroatoms. The summed E-state index contributed by atoms with van der Waals surface area (Å²) in [7, 11) is 0. The van der Waals surface area contributed by atoms with E-state index in [0.717, 1.165) is 14.8 Å². The second-order valence-electron chi connectivity index (χ2n) is 2.08. The molecule has 0 spiro atoms. The first-order valence-electron chi connectivity index (χ1n) is 3.09. The van der Waals surface area contributed by atoms with Crippen LogP contribution in [0.2, 0.25) is 0 Å². The van der Waals surface area contributed by atoms with Crippen LogP contribution in [0, 0.1) is 3.57 Å². The van der Waals surface area contributed by atoms with Crippen molar-refractivity contribution in [3.05, 3.63) is 27.3 Å². The first-order chi connectivity index (χ1) is 5.27. The summed E-state index contributed by atoms with van der Waals surface area (Å²) in [6, 6.07) is 5.90. The topological polar surface area (TPSA) is 38.0 Å². The Bertz CT molecular complexity index is 252. The Morgan fingerprint density at radius 2 is 2.27 bits per heavy atom. The van der Waals surface area contributed by atoms with Gasteiger partial charge in [0, 0.05) is 9.45 Å². The Kier molecular flexibility index (Phi) is 3.42. The predicted octanol–water partition coefficient (Wildman–Crippen LogP) is 2.32. The minimum absolute atomic E-state index is 0.483. The van der Waals surface area contributed by atoms with Crippen LogP contribution in [0.5, 0.6) is 0 Å². The smallest absolute Gasteiger partial charge is 0.0529 e. The van der Waals surface area contributed by atoms with Crippen LogP contribution in [0.15, 0.2) is 18.2 Å². The number of halogens is 2. The van der Waals surface area contributed by atoms with Gasteiger partial charge in [-0.1, -0.05) is 0 Å². The first kappa shape index (κ1) is 9.09. The van der Waals surface area contributed by atoms with E-state index in [1.54, 1.807) is 0 Å². The predicted molar refractivity (Wildman–Crippen MR) is 56.5 cm³/mol. The van der Waals surface area contributed by atoms with Gasteiger partial charge in [-0.25, -0.2) is 0 Å². The van der Waals surface area contributed by atoms with Crippen molar-refractivity contribution in [3.8, 4) is 0 Å². The van der Waals surface area contributed by atoms with Crippen molar-refractivity contribution < 1.29 is 0 Å². The lowest BCUT2D eigenvalue weighted by atomic mass is 10.2. The molecule has 0 heterocycles. The van der Waals surface area contributed by atoms with Gasteiger partial charge in [-0.2, -0.15) is 0 Å². The van der Waals surface area contributed by atoms with Crippen LogP contribution in [0.1, 0.15) is 5.56 Å². The van der Waals surface area contributed by atoms with E-state index in [-0.39, 0.29) is 0 Å². The summed E-state index contributed by atoms with van der Waals surface area (Å²) in [5.74, 6) is 5.75. The highest BCUT2D eigenvalue weighted by Gasteiger charge is 1.98. The lowest BCUT2D eigenvalue weighted by Crippen LogP contribution is -2.08. The Morgan fingerprint density at radius 3 is 2.82 bits per heavy atom. The summed E-state index contributed by atoms with van der Waals surface area (Å²) in [5.41, 5.74) is 4.50. The fourth-order valence-corrected chi connectivity index (χ4v) is 1.59. The van der Waals surface area contributed by atoms with Gasteiger partial charge in [-0.15, -0.1) is 11.6 Å². The van der Waals surface area contributed by atoms with Crippen LogP contribution in [0.4, 0.5) is 5.69 Å². The molecule has 11 heavy (non-hydrogen) atoms. The second-order valence-corrected chi connectivity index (χ2v) is 3.59. The molecule has 0 radical (unpaired) electrons. The lowest BCUT2D eigenvalue weighted by Gasteiger charge is -2.05. The number of nitrogens with one attached hydrogen (secondary N) is 1. The molecule has 2 nitrogen and oxygen atoms in total. The maximum atomic E-state index is 5.68. The molecule has 0 saturated carbocycles. The summed E-state index contributed by atoms with van der Waals surface area (Å²) in [6.45, 7) is 0. The van der Waals surface area contributed by atoms with E-state index in [2.05, 4.69) is 28.0 Å². The number of nitrogen functional groups attached to an aromatic ring is 1. The van der Waals surface area contributed by atoms with Gasteiger partial charge >= 0.3 is 0 Å². The van der Waals surface area contributed by atoms with Gasteiger partial charge in [-0.3, -0.25) is 5.84 Å². The van der Waals surface area contributed by atoms with Gasteiger partial charge in [0.05, 0.1) is 5.69 Å². The van der Waals surface area contributed by atoms with Crippen molar-refractivity contribution in [2.24, 2.45) is 5.84 Å². The fraction of sp³-hybridized carbons (Fsp3) is 0.143. The van der Waals surface area contributed by atoms with Gasteiger partial charge in [0.1, 0.15) is 0 Å². The first-order valence-corrected chi connectivity index (χ1v) is 4.70. The van der Waals surface area contributed by atoms with Crippen LogP contribution in [0.3, 0.4) is 0 Å². The average molecular weight is 283 g/mol. The molecule has 0 amide bonds. The summed E-state index contributed by atoms with van der Waals surface area (Å²) in [6.07, 6.45) is 0. The molecule has 0 bridgehead atoms. The number of anilines is 1. The zero-order valence-electron chi connectivity index (χ0n) is 5.77. The zero-order chi connectivity index (χ0) is 8.27. The molecule has 0 atom stereocenters. The van der Waals surface area contributed by atoms with Gasteiger partial charge < -0.3 is 5.43 Å². The van der Waals surface area contributed by atoms with Crippen molar-refractivity contribution >= 4 is 39.9 Å². The molecular formula is C7H8ClIN2. The van der Waals surface area contributed by atoms with Gasteiger partial charge in [0.15, 0.2) is 0 Å². The number of alkyl halides is 1. The number of hydrazine groups is 1. The minimum atomic E-state index is 0.483. The van der Waals surface area contributed by atoms with Crippen LogP contribution in [-0.2, 0) is 5.88 Å². The van der Waals surface area contributed by atoms with Gasteiger partial charge in [0.25, 0.3) is 0 Å². The van der Waals surface area contributed by atoms with Crippen LogP contribution in [0.25, 0.3) is 0 Å². The Labute approximate surface area is 84.2 Å². The zero-order valence-corrected chi connectivity index (χ0v) is 8.69. The van der Waals surface area contributed by atoms with Crippen LogP contribution >= 0.6 is 34.2 Å². The van der Waals surface area contributed by atoms with E-state index in [1.807, 2.05) is 18.2 Å². The highest BCUT2D eigenvalue weighted by molar-refractivity contribution is 14.1. The average Bonchev–Trinajstić information content (AvgIpc) is 2.04. The van der Waals surface area contributed by atoms with E-state index < -0.39 is 0 Å². The van der Waals surface area contributed by atoms with Crippen molar-refractivity contribution in [2.75, 3.05) is 5.43 Å². The second kappa shape index (κ2) is 4.13. The van der Waals surface area contributed by atoms with E-state index in [1.165, 1.54) is 0 Å². The molecule has 1 aromatic rings. The Morgan fingerprint density at radius 1 is 1.55 bits per heavy atom. The maximum Gasteiger partial charge on any atom is 0.0529 e. The Balaban J connectivity index is 3.06. The van der Waals surface area contributed by atoms with Crippen molar-refractivity contribution in [1.82, 2.24) is 0 Å². The molecular weight excluding hydrogens is 274 g/mol. The normalized spacial score (nSPS) is 9.73. The molecule has 60 valence electrons. The SMILES string of the molecule is NNc1ccc(I)cc1CCl. The van der Waals surface area contributed by atoms with Crippen LogP contribution < -0.4 is 11.3 Å².